The highest BCUT2D eigenvalue weighted by molar-refractivity contribution is 6.45. The molecule has 0 aromatic heterocycles. The first-order valence-electron chi connectivity index (χ1n) is 3.15. The van der Waals surface area contributed by atoms with E-state index < -0.39 is 0 Å². The Bertz CT molecular complexity index is 144. The van der Waals surface area contributed by atoms with Crippen molar-refractivity contribution in [1.29, 1.82) is 0 Å². The topological polar surface area (TPSA) is 0 Å². The molecule has 0 saturated carbocycles. The van der Waals surface area contributed by atoms with Gasteiger partial charge in [-0.25, -0.2) is 0 Å². The van der Waals surface area contributed by atoms with Crippen LogP contribution in [0.15, 0.2) is 23.2 Å². The highest BCUT2D eigenvalue weighted by Crippen LogP contribution is 2.31. The number of hydrogen-bond acceptors (Lipinski definition) is 0. The zero-order valence-corrected chi connectivity index (χ0v) is 5.90. The molecule has 2 atom stereocenters. The van der Waals surface area contributed by atoms with Crippen molar-refractivity contribution in [2.45, 2.75) is 11.2 Å². The van der Waals surface area contributed by atoms with E-state index >= 15 is 0 Å². The van der Waals surface area contributed by atoms with Crippen molar-refractivity contribution in [2.24, 2.45) is 5.92 Å². The monoisotopic (exact) mass is 119 g/mol. The summed E-state index contributed by atoms with van der Waals surface area (Å²) in [7, 11) is 0. The van der Waals surface area contributed by atoms with E-state index in [2.05, 4.69) is 23.2 Å². The van der Waals surface area contributed by atoms with Crippen LogP contribution in [0.4, 0.5) is 0 Å². The molecule has 0 amide bonds. The summed E-state index contributed by atoms with van der Waals surface area (Å²) in [4.78, 5) is 2.39. The molecule has 1 radical (unpaired) electrons. The molecule has 2 aliphatic rings. The molecular formula is C7H8Al. The van der Waals surface area contributed by atoms with E-state index in [0.717, 1.165) is 10.7 Å². The fraction of sp³-hybridized carbons (Fsp3) is 0.429. The van der Waals surface area contributed by atoms with Gasteiger partial charge in [0.25, 0.3) is 0 Å². The van der Waals surface area contributed by atoms with Gasteiger partial charge in [0.1, 0.15) is 0 Å². The summed E-state index contributed by atoms with van der Waals surface area (Å²) in [6, 6.07) is 0. The van der Waals surface area contributed by atoms with Crippen molar-refractivity contribution in [3.8, 4) is 0 Å². The molecule has 0 aromatic rings. The predicted molar refractivity (Wildman–Crippen MR) is 35.9 cm³/mol. The molecule has 39 valence electrons. The van der Waals surface area contributed by atoms with Gasteiger partial charge in [0.05, 0.1) is 0 Å². The van der Waals surface area contributed by atoms with Crippen molar-refractivity contribution in [3.05, 3.63) is 23.2 Å². The van der Waals surface area contributed by atoms with Gasteiger partial charge in [0, 0.05) is 0 Å². The molecular weight excluding hydrogens is 111 g/mol. The first-order valence-corrected chi connectivity index (χ1v) is 4.48. The summed E-state index contributed by atoms with van der Waals surface area (Å²) in [5, 5.41) is 0. The zero-order valence-electron chi connectivity index (χ0n) is 4.75. The van der Waals surface area contributed by atoms with Crippen LogP contribution in [-0.4, -0.2) is 15.2 Å². The van der Waals surface area contributed by atoms with Gasteiger partial charge in [-0.3, -0.25) is 0 Å². The van der Waals surface area contributed by atoms with Gasteiger partial charge < -0.3 is 0 Å². The molecule has 0 saturated heterocycles. The maximum Gasteiger partial charge on any atom is 0.247 e. The summed E-state index contributed by atoms with van der Waals surface area (Å²) in [6.45, 7) is 0. The second-order valence-corrected chi connectivity index (χ2v) is 4.15. The van der Waals surface area contributed by atoms with Crippen molar-refractivity contribution in [1.82, 2.24) is 0 Å². The predicted octanol–water partition coefficient (Wildman–Crippen LogP) is 1.58. The molecule has 1 heterocycles. The molecule has 0 fully saturated rings. The Labute approximate surface area is 56.0 Å². The number of rotatable bonds is 0. The molecule has 0 N–H and O–H groups in total. The van der Waals surface area contributed by atoms with Crippen LogP contribution in [0.2, 0.25) is 4.78 Å². The third-order valence-electron chi connectivity index (χ3n) is 1.87. The Hall–Kier alpha value is 0.0125. The summed E-state index contributed by atoms with van der Waals surface area (Å²) >= 11 is 0.632. The zero-order chi connectivity index (χ0) is 5.40. The van der Waals surface area contributed by atoms with Crippen LogP contribution in [0, 0.1) is 5.92 Å². The highest BCUT2D eigenvalue weighted by Gasteiger charge is 2.19. The van der Waals surface area contributed by atoms with E-state index in [1.807, 2.05) is 0 Å². The first kappa shape index (κ1) is 4.85. The van der Waals surface area contributed by atoms with Gasteiger partial charge >= 0.3 is 0 Å². The molecule has 1 aliphatic carbocycles. The molecule has 8 heavy (non-hydrogen) atoms. The van der Waals surface area contributed by atoms with Crippen LogP contribution in [0.3, 0.4) is 0 Å². The first-order chi connectivity index (χ1) is 3.95. The Balaban J connectivity index is 2.28. The van der Waals surface area contributed by atoms with E-state index in [-0.39, 0.29) is 0 Å². The molecule has 1 heteroatoms. The molecule has 2 rings (SSSR count). The summed E-state index contributed by atoms with van der Waals surface area (Å²) in [5.74, 6) is 0.821. The van der Waals surface area contributed by atoms with Crippen molar-refractivity contribution < 1.29 is 0 Å². The molecule has 0 spiro atoms. The van der Waals surface area contributed by atoms with Gasteiger partial charge in [-0.05, 0) is 12.3 Å². The van der Waals surface area contributed by atoms with Crippen LogP contribution >= 0.6 is 0 Å². The lowest BCUT2D eigenvalue weighted by Gasteiger charge is -2.09. The van der Waals surface area contributed by atoms with Gasteiger partial charge in [0.15, 0.2) is 0 Å². The third kappa shape index (κ3) is 0.670. The molecule has 2 unspecified atom stereocenters. The maximum atomic E-state index is 2.39. The summed E-state index contributed by atoms with van der Waals surface area (Å²) in [5.41, 5.74) is 0. The van der Waals surface area contributed by atoms with Gasteiger partial charge in [-0.1, -0.05) is 23.0 Å². The smallest absolute Gasteiger partial charge is 0.159 e. The van der Waals surface area contributed by atoms with E-state index in [9.17, 15) is 0 Å². The van der Waals surface area contributed by atoms with Crippen molar-refractivity contribution in [3.63, 3.8) is 0 Å². The van der Waals surface area contributed by atoms with Gasteiger partial charge in [0.2, 0.25) is 15.2 Å². The molecule has 2 bridgehead atoms. The number of allylic oxidation sites excluding steroid dienone is 3. The Morgan fingerprint density at radius 3 is 3.00 bits per heavy atom. The van der Waals surface area contributed by atoms with E-state index in [1.165, 1.54) is 6.42 Å². The lowest BCUT2D eigenvalue weighted by molar-refractivity contribution is 0.758. The maximum absolute atomic E-state index is 2.39. The summed E-state index contributed by atoms with van der Waals surface area (Å²) in [6.07, 6.45) is 8.52. The Morgan fingerprint density at radius 2 is 2.25 bits per heavy atom. The van der Waals surface area contributed by atoms with Crippen LogP contribution in [0.1, 0.15) is 6.42 Å². The lowest BCUT2D eigenvalue weighted by atomic mass is 10.1. The minimum Gasteiger partial charge on any atom is -0.159 e. The summed E-state index contributed by atoms with van der Waals surface area (Å²) < 4.78 is 0.977. The van der Waals surface area contributed by atoms with Crippen LogP contribution in [0.25, 0.3) is 0 Å². The van der Waals surface area contributed by atoms with E-state index in [1.54, 1.807) is 0 Å². The normalized spacial score (nSPS) is 40.0. The quantitative estimate of drug-likeness (QED) is 0.335. The van der Waals surface area contributed by atoms with Crippen molar-refractivity contribution in [2.75, 3.05) is 0 Å². The fourth-order valence-electron chi connectivity index (χ4n) is 1.39. The molecule has 0 nitrogen and oxygen atoms in total. The van der Waals surface area contributed by atoms with Crippen LogP contribution in [-0.2, 0) is 0 Å². The molecule has 0 aromatic carbocycles. The largest absolute Gasteiger partial charge is 0.247 e. The lowest BCUT2D eigenvalue weighted by Crippen LogP contribution is -2.02. The van der Waals surface area contributed by atoms with Crippen LogP contribution in [0.5, 0.6) is 0 Å². The van der Waals surface area contributed by atoms with E-state index in [4.69, 9.17) is 0 Å². The third-order valence-corrected chi connectivity index (χ3v) is 3.30. The average Bonchev–Trinajstić information content (AvgIpc) is 2.12. The van der Waals surface area contributed by atoms with Crippen LogP contribution < -0.4 is 0 Å². The SMILES string of the molecule is [CH]1=CC2C=C[CH](C2)[Al]1. The second-order valence-electron chi connectivity index (χ2n) is 2.53. The fourth-order valence-corrected chi connectivity index (χ4v) is 2.82. The minimum absolute atomic E-state index is 0.632. The van der Waals surface area contributed by atoms with Gasteiger partial charge in [-0.2, -0.15) is 4.94 Å². The number of fused-ring (bicyclic) bond motifs is 2. The number of hydrogen-bond donors (Lipinski definition) is 0. The Kier molecular flexibility index (Phi) is 1.07. The average molecular weight is 119 g/mol. The minimum atomic E-state index is 0.632. The van der Waals surface area contributed by atoms with Crippen molar-refractivity contribution >= 4 is 15.2 Å². The highest BCUT2D eigenvalue weighted by atomic mass is 27.1. The van der Waals surface area contributed by atoms with Gasteiger partial charge in [-0.15, -0.1) is 0 Å². The molecule has 1 aliphatic heterocycles. The Morgan fingerprint density at radius 1 is 1.25 bits per heavy atom. The standard InChI is InChI=1S/C7H8.Al/c1-2-7-5-3-4-6-7;/h1-5,7H,6H2;. The van der Waals surface area contributed by atoms with E-state index in [0.29, 0.717) is 15.2 Å². The second kappa shape index (κ2) is 1.76.